The van der Waals surface area contributed by atoms with Crippen LogP contribution in [-0.4, -0.2) is 44.7 Å². The second-order valence-corrected chi connectivity index (χ2v) is 6.38. The Kier molecular flexibility index (Phi) is 3.45. The lowest BCUT2D eigenvalue weighted by molar-refractivity contribution is -0.0139. The van der Waals surface area contributed by atoms with E-state index in [1.54, 1.807) is 6.92 Å². The molecular weight excluding hydrogens is 296 g/mol. The van der Waals surface area contributed by atoms with Gasteiger partial charge >= 0.3 is 0 Å². The van der Waals surface area contributed by atoms with Gasteiger partial charge in [0.05, 0.1) is 6.10 Å². The number of piperidine rings is 1. The number of hydrogen-bond acceptors (Lipinski definition) is 5. The third kappa shape index (κ3) is 2.55. The summed E-state index contributed by atoms with van der Waals surface area (Å²) in [5.74, 6) is 1.69. The zero-order valence-electron chi connectivity index (χ0n) is 13.3. The summed E-state index contributed by atoms with van der Waals surface area (Å²) >= 11 is 0. The van der Waals surface area contributed by atoms with Gasteiger partial charge in [-0.2, -0.15) is 4.98 Å². The Morgan fingerprint density at radius 1 is 1.43 bits per heavy atom. The molecule has 2 fully saturated rings. The van der Waals surface area contributed by atoms with Crippen molar-refractivity contribution >= 4 is 5.91 Å². The van der Waals surface area contributed by atoms with Crippen LogP contribution >= 0.6 is 0 Å². The van der Waals surface area contributed by atoms with Crippen LogP contribution in [0.4, 0.5) is 0 Å². The van der Waals surface area contributed by atoms with Crippen molar-refractivity contribution < 1.29 is 14.1 Å². The fraction of sp³-hybridized carbons (Fsp3) is 0.562. The number of aryl methyl sites for hydroxylation is 2. The van der Waals surface area contributed by atoms with Gasteiger partial charge in [0.2, 0.25) is 0 Å². The molecule has 4 heterocycles. The predicted octanol–water partition coefficient (Wildman–Crippen LogP) is 1.71. The molecule has 2 aromatic rings. The quantitative estimate of drug-likeness (QED) is 0.843. The smallest absolute Gasteiger partial charge is 0.270 e. The van der Waals surface area contributed by atoms with Gasteiger partial charge in [-0.1, -0.05) is 5.16 Å². The molecule has 0 bridgehead atoms. The van der Waals surface area contributed by atoms with Crippen molar-refractivity contribution in [3.8, 4) is 0 Å². The van der Waals surface area contributed by atoms with Crippen molar-refractivity contribution in [2.75, 3.05) is 13.1 Å². The highest BCUT2D eigenvalue weighted by atomic mass is 16.5. The monoisotopic (exact) mass is 316 g/mol. The van der Waals surface area contributed by atoms with E-state index in [-0.39, 0.29) is 18.1 Å². The molecule has 0 aliphatic carbocycles. The lowest BCUT2D eigenvalue weighted by Crippen LogP contribution is -2.45. The van der Waals surface area contributed by atoms with Gasteiger partial charge in [0.15, 0.2) is 5.82 Å². The molecule has 0 saturated carbocycles. The number of likely N-dealkylation sites (tertiary alicyclic amines) is 1. The maximum Gasteiger partial charge on any atom is 0.270 e. The molecule has 0 radical (unpaired) electrons. The molecule has 0 N–H and O–H groups in total. The van der Waals surface area contributed by atoms with Crippen molar-refractivity contribution in [2.45, 2.75) is 32.0 Å². The number of carbonyl (C=O) groups is 1. The highest BCUT2D eigenvalue weighted by Gasteiger charge is 2.42. The minimum absolute atomic E-state index is 0.0465. The van der Waals surface area contributed by atoms with Crippen LogP contribution in [0.5, 0.6) is 0 Å². The average molecular weight is 316 g/mol. The van der Waals surface area contributed by atoms with Crippen molar-refractivity contribution in [1.29, 1.82) is 0 Å². The predicted molar refractivity (Wildman–Crippen MR) is 80.7 cm³/mol. The topological polar surface area (TPSA) is 73.4 Å². The van der Waals surface area contributed by atoms with E-state index in [4.69, 9.17) is 9.26 Å². The molecule has 1 amide bonds. The van der Waals surface area contributed by atoms with Crippen molar-refractivity contribution in [1.82, 2.24) is 19.6 Å². The van der Waals surface area contributed by atoms with Crippen molar-refractivity contribution in [3.05, 3.63) is 35.7 Å². The molecule has 2 aliphatic rings. The molecule has 2 aliphatic heterocycles. The second kappa shape index (κ2) is 5.49. The minimum atomic E-state index is -0.142. The van der Waals surface area contributed by atoms with Gasteiger partial charge < -0.3 is 18.7 Å². The number of hydrogen-bond donors (Lipinski definition) is 0. The Morgan fingerprint density at radius 2 is 2.30 bits per heavy atom. The Bertz CT molecular complexity index is 722. The van der Waals surface area contributed by atoms with Crippen molar-refractivity contribution in [2.24, 2.45) is 13.0 Å². The molecule has 0 aromatic carbocycles. The highest BCUT2D eigenvalue weighted by Crippen LogP contribution is 2.40. The standard InChI is InChI=1S/C16H20N4O3/c1-10-17-15(23-18-10)13-8-11-5-7-20(9-14(11)22-13)16(21)12-4-3-6-19(12)2/h3-4,6,11,13-14H,5,7-9H2,1-2H3/t11-,13+,14+/m1/s1. The van der Waals surface area contributed by atoms with Crippen LogP contribution < -0.4 is 0 Å². The SMILES string of the molecule is Cc1noc([C@@H]2C[C@H]3CCN(C(=O)c4cccn4C)C[C@@H]3O2)n1. The maximum absolute atomic E-state index is 12.6. The van der Waals surface area contributed by atoms with E-state index in [0.717, 1.165) is 19.4 Å². The number of aromatic nitrogens is 3. The Labute approximate surface area is 134 Å². The first-order valence-corrected chi connectivity index (χ1v) is 7.98. The zero-order valence-corrected chi connectivity index (χ0v) is 13.3. The molecule has 7 heteroatoms. The van der Waals surface area contributed by atoms with Gasteiger partial charge in [-0.25, -0.2) is 0 Å². The lowest BCUT2D eigenvalue weighted by Gasteiger charge is -2.34. The molecule has 0 unspecified atom stereocenters. The summed E-state index contributed by atoms with van der Waals surface area (Å²) in [6.07, 6.45) is 3.63. The molecule has 122 valence electrons. The molecule has 0 spiro atoms. The zero-order chi connectivity index (χ0) is 16.0. The number of fused-ring (bicyclic) bond motifs is 1. The van der Waals surface area contributed by atoms with Gasteiger partial charge in [-0.15, -0.1) is 0 Å². The van der Waals surface area contributed by atoms with Crippen LogP contribution in [0.25, 0.3) is 0 Å². The first-order chi connectivity index (χ1) is 11.1. The highest BCUT2D eigenvalue weighted by molar-refractivity contribution is 5.92. The fourth-order valence-corrected chi connectivity index (χ4v) is 3.56. The average Bonchev–Trinajstić information content (AvgIpc) is 3.24. The molecule has 7 nitrogen and oxygen atoms in total. The van der Waals surface area contributed by atoms with Gasteiger partial charge in [0.25, 0.3) is 11.8 Å². The maximum atomic E-state index is 12.6. The number of nitrogens with zero attached hydrogens (tertiary/aromatic N) is 4. The summed E-state index contributed by atoms with van der Waals surface area (Å²) < 4.78 is 13.2. The number of amides is 1. The van der Waals surface area contributed by atoms with Crippen LogP contribution in [0.3, 0.4) is 0 Å². The van der Waals surface area contributed by atoms with Gasteiger partial charge in [-0.05, 0) is 37.8 Å². The Morgan fingerprint density at radius 3 is 3.00 bits per heavy atom. The molecule has 2 aromatic heterocycles. The Balaban J connectivity index is 1.45. The molecule has 2 saturated heterocycles. The lowest BCUT2D eigenvalue weighted by atomic mass is 9.91. The molecular formula is C16H20N4O3. The first-order valence-electron chi connectivity index (χ1n) is 7.98. The first kappa shape index (κ1) is 14.4. The van der Waals surface area contributed by atoms with Crippen molar-refractivity contribution in [3.63, 3.8) is 0 Å². The van der Waals surface area contributed by atoms with E-state index in [0.29, 0.717) is 29.9 Å². The van der Waals surface area contributed by atoms with Crippen LogP contribution in [0.2, 0.25) is 0 Å². The summed E-state index contributed by atoms with van der Waals surface area (Å²) in [5, 5.41) is 3.83. The van der Waals surface area contributed by atoms with E-state index in [2.05, 4.69) is 10.1 Å². The van der Waals surface area contributed by atoms with E-state index >= 15 is 0 Å². The van der Waals surface area contributed by atoms with Crippen LogP contribution in [-0.2, 0) is 11.8 Å². The summed E-state index contributed by atoms with van der Waals surface area (Å²) in [6.45, 7) is 3.19. The van der Waals surface area contributed by atoms with Crippen LogP contribution in [0.1, 0.15) is 41.1 Å². The third-order valence-corrected chi connectivity index (χ3v) is 4.82. The third-order valence-electron chi connectivity index (χ3n) is 4.82. The summed E-state index contributed by atoms with van der Waals surface area (Å²) in [7, 11) is 1.89. The van der Waals surface area contributed by atoms with Gasteiger partial charge in [-0.3, -0.25) is 4.79 Å². The number of ether oxygens (including phenoxy) is 1. The van der Waals surface area contributed by atoms with Gasteiger partial charge in [0.1, 0.15) is 11.8 Å². The minimum Gasteiger partial charge on any atom is -0.363 e. The number of rotatable bonds is 2. The van der Waals surface area contributed by atoms with E-state index in [9.17, 15) is 4.79 Å². The molecule has 4 rings (SSSR count). The van der Waals surface area contributed by atoms with Crippen LogP contribution in [0.15, 0.2) is 22.9 Å². The normalized spacial score (nSPS) is 27.2. The summed E-state index contributed by atoms with van der Waals surface area (Å²) in [5.41, 5.74) is 0.713. The summed E-state index contributed by atoms with van der Waals surface area (Å²) in [4.78, 5) is 18.8. The number of carbonyl (C=O) groups excluding carboxylic acids is 1. The van der Waals surface area contributed by atoms with E-state index in [1.807, 2.05) is 34.8 Å². The van der Waals surface area contributed by atoms with Crippen LogP contribution in [0, 0.1) is 12.8 Å². The van der Waals surface area contributed by atoms with E-state index < -0.39 is 0 Å². The molecule has 23 heavy (non-hydrogen) atoms. The fourth-order valence-electron chi connectivity index (χ4n) is 3.56. The van der Waals surface area contributed by atoms with E-state index in [1.165, 1.54) is 0 Å². The Hall–Kier alpha value is -2.15. The van der Waals surface area contributed by atoms with Gasteiger partial charge in [0, 0.05) is 26.3 Å². The second-order valence-electron chi connectivity index (χ2n) is 6.38. The summed E-state index contributed by atoms with van der Waals surface area (Å²) in [6, 6.07) is 3.74. The molecule has 3 atom stereocenters. The largest absolute Gasteiger partial charge is 0.363 e.